The first-order valence-corrected chi connectivity index (χ1v) is 10.8. The Bertz CT molecular complexity index is 663. The lowest BCUT2D eigenvalue weighted by molar-refractivity contribution is -0.116. The van der Waals surface area contributed by atoms with Crippen molar-refractivity contribution in [2.45, 2.75) is 45.6 Å². The van der Waals surface area contributed by atoms with E-state index in [1.165, 1.54) is 10.6 Å². The summed E-state index contributed by atoms with van der Waals surface area (Å²) in [5.74, 6) is -0.298. The van der Waals surface area contributed by atoms with Crippen LogP contribution in [0.3, 0.4) is 0 Å². The number of rotatable bonds is 8. The first kappa shape index (κ1) is 19.7. The molecule has 0 radical (unpaired) electrons. The van der Waals surface area contributed by atoms with E-state index in [0.29, 0.717) is 5.69 Å². The molecule has 0 unspecified atom stereocenters. The van der Waals surface area contributed by atoms with E-state index in [1.807, 2.05) is 24.3 Å². The molecule has 0 bridgehead atoms. The lowest BCUT2D eigenvalue weighted by atomic mass is 10.2. The Morgan fingerprint density at radius 3 is 2.16 bits per heavy atom. The number of hydrogen-bond acceptors (Lipinski definition) is 4. The predicted molar refractivity (Wildman–Crippen MR) is 102 cm³/mol. The Morgan fingerprint density at radius 2 is 1.68 bits per heavy atom. The normalized spacial score (nSPS) is 15.5. The molecule has 1 N–H and O–H groups in total. The third kappa shape index (κ3) is 5.44. The standard InChI is InChI=1S/C18H29N3O3S/c1-4-20(5-2)16-12-10-15(11-13-16)19-18(22)14-21(25(3,23)24)17-8-6-7-9-17/h10-13,17H,4-9,14H2,1-3H3,(H,19,22). The summed E-state index contributed by atoms with van der Waals surface area (Å²) < 4.78 is 25.4. The van der Waals surface area contributed by atoms with E-state index in [1.54, 1.807) is 0 Å². The molecule has 1 amide bonds. The van der Waals surface area contributed by atoms with Gasteiger partial charge in [-0.15, -0.1) is 0 Å². The van der Waals surface area contributed by atoms with E-state index >= 15 is 0 Å². The smallest absolute Gasteiger partial charge is 0.239 e. The van der Waals surface area contributed by atoms with Gasteiger partial charge in [-0.05, 0) is 51.0 Å². The molecule has 0 saturated heterocycles. The highest BCUT2D eigenvalue weighted by atomic mass is 32.2. The molecule has 140 valence electrons. The summed E-state index contributed by atoms with van der Waals surface area (Å²) in [5.41, 5.74) is 1.78. The summed E-state index contributed by atoms with van der Waals surface area (Å²) in [5, 5.41) is 2.81. The number of amides is 1. The van der Waals surface area contributed by atoms with Gasteiger partial charge in [0.1, 0.15) is 0 Å². The first-order chi connectivity index (χ1) is 11.8. The van der Waals surface area contributed by atoms with Crippen LogP contribution in [0.25, 0.3) is 0 Å². The van der Waals surface area contributed by atoms with Gasteiger partial charge in [0.25, 0.3) is 0 Å². The van der Waals surface area contributed by atoms with Gasteiger partial charge in [-0.25, -0.2) is 8.42 Å². The van der Waals surface area contributed by atoms with Gasteiger partial charge in [0.05, 0.1) is 12.8 Å². The van der Waals surface area contributed by atoms with E-state index < -0.39 is 10.0 Å². The van der Waals surface area contributed by atoms with Crippen LogP contribution in [0, 0.1) is 0 Å². The van der Waals surface area contributed by atoms with Gasteiger partial charge in [-0.1, -0.05) is 12.8 Å². The molecule has 1 aromatic rings. The Hall–Kier alpha value is -1.60. The van der Waals surface area contributed by atoms with Crippen molar-refractivity contribution in [1.29, 1.82) is 0 Å². The zero-order chi connectivity index (χ0) is 18.4. The summed E-state index contributed by atoms with van der Waals surface area (Å²) in [4.78, 5) is 14.5. The number of nitrogens with zero attached hydrogens (tertiary/aromatic N) is 2. The van der Waals surface area contributed by atoms with Crippen LogP contribution in [-0.4, -0.2) is 50.6 Å². The first-order valence-electron chi connectivity index (χ1n) is 8.96. The van der Waals surface area contributed by atoms with Gasteiger partial charge in [0.15, 0.2) is 0 Å². The molecule has 7 heteroatoms. The van der Waals surface area contributed by atoms with Crippen LogP contribution in [0.15, 0.2) is 24.3 Å². The van der Waals surface area contributed by atoms with Crippen molar-refractivity contribution in [2.75, 3.05) is 36.1 Å². The van der Waals surface area contributed by atoms with E-state index in [9.17, 15) is 13.2 Å². The van der Waals surface area contributed by atoms with Crippen LogP contribution in [0.1, 0.15) is 39.5 Å². The quantitative estimate of drug-likeness (QED) is 0.767. The topological polar surface area (TPSA) is 69.7 Å². The Balaban J connectivity index is 2.00. The van der Waals surface area contributed by atoms with Gasteiger partial charge >= 0.3 is 0 Å². The number of carbonyl (C=O) groups excluding carboxylic acids is 1. The van der Waals surface area contributed by atoms with Crippen LogP contribution in [0.5, 0.6) is 0 Å². The predicted octanol–water partition coefficient (Wildman–Crippen LogP) is 2.68. The minimum absolute atomic E-state index is 0.0502. The molecular formula is C18H29N3O3S. The molecule has 0 atom stereocenters. The van der Waals surface area contributed by atoms with Crippen LogP contribution in [0.4, 0.5) is 11.4 Å². The van der Waals surface area contributed by atoms with Gasteiger partial charge in [-0.3, -0.25) is 4.79 Å². The highest BCUT2D eigenvalue weighted by molar-refractivity contribution is 7.88. The molecule has 1 aromatic carbocycles. The third-order valence-electron chi connectivity index (χ3n) is 4.74. The lowest BCUT2D eigenvalue weighted by Crippen LogP contribution is -2.43. The second kappa shape index (κ2) is 8.67. The number of nitrogens with one attached hydrogen (secondary N) is 1. The SMILES string of the molecule is CCN(CC)c1ccc(NC(=O)CN(C2CCCC2)S(C)(=O)=O)cc1. The Labute approximate surface area is 151 Å². The average Bonchev–Trinajstić information content (AvgIpc) is 3.08. The number of anilines is 2. The zero-order valence-corrected chi connectivity index (χ0v) is 16.2. The van der Waals surface area contributed by atoms with E-state index in [-0.39, 0.29) is 18.5 Å². The fraction of sp³-hybridized carbons (Fsp3) is 0.611. The van der Waals surface area contributed by atoms with Crippen LogP contribution < -0.4 is 10.2 Å². The van der Waals surface area contributed by atoms with Gasteiger partial charge in [0.2, 0.25) is 15.9 Å². The molecule has 6 nitrogen and oxygen atoms in total. The number of sulfonamides is 1. The van der Waals surface area contributed by atoms with Crippen molar-refractivity contribution in [1.82, 2.24) is 4.31 Å². The molecule has 0 heterocycles. The van der Waals surface area contributed by atoms with E-state index in [4.69, 9.17) is 0 Å². The van der Waals surface area contributed by atoms with Gasteiger partial charge < -0.3 is 10.2 Å². The fourth-order valence-corrected chi connectivity index (χ4v) is 4.50. The zero-order valence-electron chi connectivity index (χ0n) is 15.4. The lowest BCUT2D eigenvalue weighted by Gasteiger charge is -2.25. The fourth-order valence-electron chi connectivity index (χ4n) is 3.40. The van der Waals surface area contributed by atoms with E-state index in [2.05, 4.69) is 24.1 Å². The third-order valence-corrected chi connectivity index (χ3v) is 6.02. The molecule has 2 rings (SSSR count). The summed E-state index contributed by atoms with van der Waals surface area (Å²) in [6.45, 7) is 5.92. The van der Waals surface area contributed by atoms with Gasteiger partial charge in [0, 0.05) is 30.5 Å². The molecule has 1 aliphatic rings. The van der Waals surface area contributed by atoms with Crippen molar-refractivity contribution in [3.63, 3.8) is 0 Å². The van der Waals surface area contributed by atoms with Crippen molar-refractivity contribution in [2.24, 2.45) is 0 Å². The number of carbonyl (C=O) groups is 1. The van der Waals surface area contributed by atoms with Crippen molar-refractivity contribution in [3.05, 3.63) is 24.3 Å². The molecule has 0 spiro atoms. The molecule has 1 fully saturated rings. The van der Waals surface area contributed by atoms with Gasteiger partial charge in [-0.2, -0.15) is 4.31 Å². The molecular weight excluding hydrogens is 338 g/mol. The molecule has 0 aliphatic heterocycles. The monoisotopic (exact) mass is 367 g/mol. The number of benzene rings is 1. The van der Waals surface area contributed by atoms with Crippen LogP contribution >= 0.6 is 0 Å². The minimum atomic E-state index is -3.39. The Kier molecular flexibility index (Phi) is 6.84. The van der Waals surface area contributed by atoms with Crippen molar-refractivity contribution in [3.8, 4) is 0 Å². The molecule has 1 aliphatic carbocycles. The van der Waals surface area contributed by atoms with Crippen molar-refractivity contribution >= 4 is 27.3 Å². The second-order valence-electron chi connectivity index (χ2n) is 6.51. The average molecular weight is 368 g/mol. The molecule has 1 saturated carbocycles. The number of hydrogen-bond donors (Lipinski definition) is 1. The summed E-state index contributed by atoms with van der Waals surface area (Å²) in [6, 6.07) is 7.59. The molecule has 25 heavy (non-hydrogen) atoms. The largest absolute Gasteiger partial charge is 0.372 e. The minimum Gasteiger partial charge on any atom is -0.372 e. The second-order valence-corrected chi connectivity index (χ2v) is 8.45. The maximum absolute atomic E-state index is 12.3. The highest BCUT2D eigenvalue weighted by Gasteiger charge is 2.30. The van der Waals surface area contributed by atoms with Crippen LogP contribution in [0.2, 0.25) is 0 Å². The molecule has 0 aromatic heterocycles. The van der Waals surface area contributed by atoms with Crippen LogP contribution in [-0.2, 0) is 14.8 Å². The van der Waals surface area contributed by atoms with E-state index in [0.717, 1.165) is 44.5 Å². The summed E-state index contributed by atoms with van der Waals surface area (Å²) >= 11 is 0. The summed E-state index contributed by atoms with van der Waals surface area (Å²) in [6.07, 6.45) is 4.88. The Morgan fingerprint density at radius 1 is 1.12 bits per heavy atom. The van der Waals surface area contributed by atoms with Crippen molar-refractivity contribution < 1.29 is 13.2 Å². The maximum atomic E-state index is 12.3. The summed E-state index contributed by atoms with van der Waals surface area (Å²) in [7, 11) is -3.39. The maximum Gasteiger partial charge on any atom is 0.239 e. The highest BCUT2D eigenvalue weighted by Crippen LogP contribution is 2.25.